The van der Waals surface area contributed by atoms with Crippen molar-refractivity contribution in [1.29, 1.82) is 0 Å². The van der Waals surface area contributed by atoms with Crippen LogP contribution in [0.2, 0.25) is 0 Å². The van der Waals surface area contributed by atoms with Gasteiger partial charge in [-0.15, -0.1) is 0 Å². The van der Waals surface area contributed by atoms with Crippen molar-refractivity contribution in [2.45, 2.75) is 95.3 Å². The summed E-state index contributed by atoms with van der Waals surface area (Å²) in [4.78, 5) is 2.54. The van der Waals surface area contributed by atoms with Gasteiger partial charge in [-0.2, -0.15) is 0 Å². The molecule has 0 aliphatic heterocycles. The van der Waals surface area contributed by atoms with E-state index in [9.17, 15) is 0 Å². The summed E-state index contributed by atoms with van der Waals surface area (Å²) in [5.41, 5.74) is 24.9. The molecule has 1 nitrogen and oxygen atoms in total. The number of aryl methyl sites for hydroxylation is 2. The first kappa shape index (κ1) is 40.6. The minimum Gasteiger partial charge on any atom is -0.310 e. The summed E-state index contributed by atoms with van der Waals surface area (Å²) in [6.07, 6.45) is 14.0. The van der Waals surface area contributed by atoms with Crippen LogP contribution in [0.4, 0.5) is 17.1 Å². The molecule has 0 N–H and O–H groups in total. The molecule has 7 aliphatic carbocycles. The van der Waals surface area contributed by atoms with Crippen molar-refractivity contribution in [2.24, 2.45) is 23.7 Å². The van der Waals surface area contributed by atoms with Crippen molar-refractivity contribution in [3.8, 4) is 44.5 Å². The predicted octanol–water partition coefficient (Wildman–Crippen LogP) is 18.0. The normalized spacial score (nSPS) is 22.5. The van der Waals surface area contributed by atoms with Gasteiger partial charge in [0.25, 0.3) is 0 Å². The van der Waals surface area contributed by atoms with Crippen LogP contribution in [0, 0.1) is 37.5 Å². The molecule has 68 heavy (non-hydrogen) atoms. The molecule has 4 bridgehead atoms. The molecule has 334 valence electrons. The second-order valence-electron chi connectivity index (χ2n) is 22.1. The van der Waals surface area contributed by atoms with Gasteiger partial charge in [-0.1, -0.05) is 170 Å². The van der Waals surface area contributed by atoms with E-state index in [0.29, 0.717) is 11.8 Å². The molecule has 8 aromatic carbocycles. The van der Waals surface area contributed by atoms with Crippen molar-refractivity contribution in [3.05, 3.63) is 220 Å². The highest BCUT2D eigenvalue weighted by Gasteiger charge is 2.52. The molecule has 0 amide bonds. The molecule has 8 aromatic rings. The van der Waals surface area contributed by atoms with Crippen LogP contribution in [0.3, 0.4) is 0 Å². The Balaban J connectivity index is 0.897. The van der Waals surface area contributed by atoms with Crippen LogP contribution in [0.5, 0.6) is 0 Å². The summed E-state index contributed by atoms with van der Waals surface area (Å²) in [5.74, 6) is 5.09. The monoisotopic (exact) mass is 879 g/mol. The summed E-state index contributed by atoms with van der Waals surface area (Å²) in [6.45, 7) is 4.51. The molecule has 15 rings (SSSR count). The molecule has 0 unspecified atom stereocenters. The smallest absolute Gasteiger partial charge is 0.0726 e. The summed E-state index contributed by atoms with van der Waals surface area (Å²) < 4.78 is 0. The average molecular weight is 880 g/mol. The Labute approximate surface area is 403 Å². The highest BCUT2D eigenvalue weighted by molar-refractivity contribution is 5.97. The minimum atomic E-state index is -0.415. The lowest BCUT2D eigenvalue weighted by Crippen LogP contribution is -2.43. The molecular formula is C67H61N. The van der Waals surface area contributed by atoms with Crippen LogP contribution in [-0.2, 0) is 5.41 Å². The Morgan fingerprint density at radius 1 is 0.382 bits per heavy atom. The van der Waals surface area contributed by atoms with Gasteiger partial charge in [0.2, 0.25) is 0 Å². The number of benzene rings is 8. The highest BCUT2D eigenvalue weighted by atomic mass is 15.1. The minimum absolute atomic E-state index is 0.415. The average Bonchev–Trinajstić information content (AvgIpc) is 3.83. The zero-order valence-electron chi connectivity index (χ0n) is 39.7. The molecule has 7 aliphatic rings. The van der Waals surface area contributed by atoms with Crippen LogP contribution in [0.15, 0.2) is 176 Å². The Kier molecular flexibility index (Phi) is 9.44. The number of hydrogen-bond donors (Lipinski definition) is 0. The van der Waals surface area contributed by atoms with Crippen molar-refractivity contribution in [1.82, 2.24) is 0 Å². The van der Waals surface area contributed by atoms with Crippen LogP contribution >= 0.6 is 0 Å². The maximum absolute atomic E-state index is 2.56. The van der Waals surface area contributed by atoms with Crippen molar-refractivity contribution >= 4 is 17.1 Å². The molecule has 5 saturated carbocycles. The first-order valence-electron chi connectivity index (χ1n) is 26.1. The second kappa shape index (κ2) is 15.8. The van der Waals surface area contributed by atoms with E-state index in [4.69, 9.17) is 0 Å². The first-order chi connectivity index (χ1) is 33.5. The molecule has 0 atom stereocenters. The number of nitrogens with zero attached hydrogens (tertiary/aromatic N) is 1. The number of anilines is 3. The number of hydrogen-bond acceptors (Lipinski definition) is 1. The lowest BCUT2D eigenvalue weighted by atomic mass is 9.51. The zero-order chi connectivity index (χ0) is 45.1. The third kappa shape index (κ3) is 6.26. The second-order valence-corrected chi connectivity index (χ2v) is 22.1. The fourth-order valence-electron chi connectivity index (χ4n) is 15.4. The molecule has 0 radical (unpaired) electrons. The van der Waals surface area contributed by atoms with E-state index < -0.39 is 5.41 Å². The summed E-state index contributed by atoms with van der Waals surface area (Å²) in [5, 5.41) is 0. The lowest BCUT2D eigenvalue weighted by molar-refractivity contribution is -0.00277. The van der Waals surface area contributed by atoms with E-state index in [1.54, 1.807) is 5.56 Å². The summed E-state index contributed by atoms with van der Waals surface area (Å²) in [6, 6.07) is 68.9. The zero-order valence-corrected chi connectivity index (χ0v) is 39.7. The largest absolute Gasteiger partial charge is 0.310 e. The number of fused-ring (bicyclic) bond motifs is 10. The van der Waals surface area contributed by atoms with Crippen LogP contribution < -0.4 is 4.90 Å². The highest BCUT2D eigenvalue weighted by Crippen LogP contribution is 2.64. The van der Waals surface area contributed by atoms with Gasteiger partial charge in [0.15, 0.2) is 0 Å². The molecular weight excluding hydrogens is 819 g/mol. The Morgan fingerprint density at radius 2 is 0.838 bits per heavy atom. The predicted molar refractivity (Wildman–Crippen MR) is 283 cm³/mol. The Morgan fingerprint density at radius 3 is 1.43 bits per heavy atom. The quantitative estimate of drug-likeness (QED) is 0.154. The van der Waals surface area contributed by atoms with Crippen molar-refractivity contribution < 1.29 is 0 Å². The van der Waals surface area contributed by atoms with Crippen LogP contribution in [-0.4, -0.2) is 0 Å². The van der Waals surface area contributed by atoms with E-state index in [0.717, 1.165) is 23.7 Å². The van der Waals surface area contributed by atoms with Crippen molar-refractivity contribution in [2.75, 3.05) is 4.90 Å². The summed E-state index contributed by atoms with van der Waals surface area (Å²) in [7, 11) is 0. The number of rotatable bonds is 7. The third-order valence-electron chi connectivity index (χ3n) is 18.2. The standard InChI is InChI=1S/C67H61N/c1-42-16-31-59-60-32-17-43(2)35-64(60)67(63(59)34-42)62-15-9-8-14-58(62)61-33-30-55(41-65(61)67)68(54-28-24-50(25-29-54)66-51-37-44-36-45(39-51)40-52(66)38-44)53-26-22-49(23-27-53)57-13-7-6-12-56(57)48-20-18-47(19-21-48)46-10-4-3-5-11-46/h6-9,12-35,41,44-46,51-52,66H,3-5,10-11,36-40H2,1-2H3. The lowest BCUT2D eigenvalue weighted by Gasteiger charge is -2.54. The van der Waals surface area contributed by atoms with Gasteiger partial charge in [0.05, 0.1) is 5.41 Å². The topological polar surface area (TPSA) is 3.24 Å². The third-order valence-corrected chi connectivity index (χ3v) is 18.2. The molecule has 5 fully saturated rings. The molecule has 1 heteroatoms. The van der Waals surface area contributed by atoms with Crippen molar-refractivity contribution in [3.63, 3.8) is 0 Å². The van der Waals surface area contributed by atoms with E-state index in [1.165, 1.54) is 165 Å². The van der Waals surface area contributed by atoms with Crippen LogP contribution in [0.1, 0.15) is 121 Å². The van der Waals surface area contributed by atoms with Gasteiger partial charge >= 0.3 is 0 Å². The van der Waals surface area contributed by atoms with E-state index in [2.05, 4.69) is 195 Å². The van der Waals surface area contributed by atoms with Gasteiger partial charge in [0.1, 0.15) is 0 Å². The fraction of sp³-hybridized carbons (Fsp3) is 0.284. The molecule has 0 heterocycles. The van der Waals surface area contributed by atoms with Crippen LogP contribution in [0.25, 0.3) is 44.5 Å². The maximum Gasteiger partial charge on any atom is 0.0726 e. The Bertz CT molecular complexity index is 3160. The maximum atomic E-state index is 2.56. The van der Waals surface area contributed by atoms with Gasteiger partial charge in [-0.3, -0.25) is 0 Å². The van der Waals surface area contributed by atoms with Gasteiger partial charge in [0, 0.05) is 17.1 Å². The molecule has 0 aromatic heterocycles. The Hall–Kier alpha value is -6.44. The SMILES string of the molecule is Cc1ccc2c(c1)C1(c3ccccc3-c3ccc(N(c4ccc(-c5ccccc5-c5ccc(C6CCCCC6)cc5)cc4)c4ccc(C5C6CC7CC(C6)CC5C7)cc4)cc31)c1cc(C)ccc1-2. The van der Waals surface area contributed by atoms with Gasteiger partial charge in [-0.25, -0.2) is 0 Å². The fourth-order valence-corrected chi connectivity index (χ4v) is 15.4. The molecule has 0 saturated heterocycles. The van der Waals surface area contributed by atoms with E-state index in [1.807, 2.05) is 0 Å². The van der Waals surface area contributed by atoms with E-state index >= 15 is 0 Å². The summed E-state index contributed by atoms with van der Waals surface area (Å²) >= 11 is 0. The molecule has 1 spiro atoms. The first-order valence-corrected chi connectivity index (χ1v) is 26.1. The van der Waals surface area contributed by atoms with Gasteiger partial charge in [-0.05, 0) is 209 Å². The van der Waals surface area contributed by atoms with Gasteiger partial charge < -0.3 is 4.90 Å². The van der Waals surface area contributed by atoms with E-state index in [-0.39, 0.29) is 0 Å².